The molecule has 7 aromatic carbocycles. The molecule has 8 aromatic rings. The molecule has 4 heteroatoms. The second-order valence-electron chi connectivity index (χ2n) is 14.5. The SMILES string of the molecule is CC1(C)C2=C(B3c4c(cccc4N2c2ccccc2)-c2ccc(N(c4ccccc4)c4ccccc4)c4c5ccccc5n3c24)c2ccccc21. The summed E-state index contributed by atoms with van der Waals surface area (Å²) in [4.78, 5) is 5.00. The van der Waals surface area contributed by atoms with Crippen molar-refractivity contribution in [2.75, 3.05) is 9.80 Å². The Kier molecular flexibility index (Phi) is 5.82. The summed E-state index contributed by atoms with van der Waals surface area (Å²) >= 11 is 0. The van der Waals surface area contributed by atoms with E-state index in [-0.39, 0.29) is 12.3 Å². The fraction of sp³-hybridized carbons (Fsp3) is 0.0638. The Balaban J connectivity index is 1.30. The van der Waals surface area contributed by atoms with Crippen molar-refractivity contribution in [3.63, 3.8) is 0 Å². The van der Waals surface area contributed by atoms with Crippen molar-refractivity contribution in [2.45, 2.75) is 19.3 Å². The van der Waals surface area contributed by atoms with Crippen molar-refractivity contribution in [2.24, 2.45) is 0 Å². The van der Waals surface area contributed by atoms with E-state index < -0.39 is 0 Å². The number of aromatic nitrogens is 1. The van der Waals surface area contributed by atoms with Crippen molar-refractivity contribution < 1.29 is 0 Å². The van der Waals surface area contributed by atoms with Gasteiger partial charge in [-0.15, -0.1) is 0 Å². The van der Waals surface area contributed by atoms with Gasteiger partial charge in [0.05, 0.1) is 5.69 Å². The molecule has 1 aromatic heterocycles. The highest BCUT2D eigenvalue weighted by molar-refractivity contribution is 6.93. The molecule has 3 aliphatic rings. The van der Waals surface area contributed by atoms with Gasteiger partial charge in [-0.1, -0.05) is 129 Å². The van der Waals surface area contributed by atoms with Crippen molar-refractivity contribution in [3.8, 4) is 11.1 Å². The fourth-order valence-corrected chi connectivity index (χ4v) is 9.54. The van der Waals surface area contributed by atoms with Gasteiger partial charge in [-0.2, -0.15) is 0 Å². The highest BCUT2D eigenvalue weighted by atomic mass is 15.2. The summed E-state index contributed by atoms with van der Waals surface area (Å²) in [5.41, 5.74) is 17.7. The molecule has 0 spiro atoms. The summed E-state index contributed by atoms with van der Waals surface area (Å²) < 4.78 is 2.69. The molecule has 0 saturated carbocycles. The Labute approximate surface area is 298 Å². The summed E-state index contributed by atoms with van der Waals surface area (Å²) in [6, 6.07) is 62.4. The minimum atomic E-state index is -0.211. The first-order valence-electron chi connectivity index (χ1n) is 17.9. The van der Waals surface area contributed by atoms with Crippen LogP contribution in [0.25, 0.3) is 38.4 Å². The number of nitrogens with zero attached hydrogens (tertiary/aromatic N) is 3. The van der Waals surface area contributed by atoms with Crippen LogP contribution in [0.3, 0.4) is 0 Å². The molecule has 3 nitrogen and oxygen atoms in total. The van der Waals surface area contributed by atoms with Crippen molar-refractivity contribution >= 4 is 68.0 Å². The van der Waals surface area contributed by atoms with Crippen LogP contribution in [0.4, 0.5) is 28.4 Å². The van der Waals surface area contributed by atoms with E-state index in [1.165, 1.54) is 77.8 Å². The van der Waals surface area contributed by atoms with Crippen LogP contribution in [0.1, 0.15) is 25.0 Å². The third kappa shape index (κ3) is 3.74. The summed E-state index contributed by atoms with van der Waals surface area (Å²) in [6.07, 6.45) is 0. The number of hydrogen-bond donors (Lipinski definition) is 0. The molecule has 0 radical (unpaired) electrons. The molecule has 0 bridgehead atoms. The zero-order valence-electron chi connectivity index (χ0n) is 28.6. The van der Waals surface area contributed by atoms with Crippen molar-refractivity contribution in [1.29, 1.82) is 0 Å². The maximum atomic E-state index is 2.69. The van der Waals surface area contributed by atoms with Crippen LogP contribution in [0.2, 0.25) is 0 Å². The predicted octanol–water partition coefficient (Wildman–Crippen LogP) is 11.4. The average Bonchev–Trinajstić information content (AvgIpc) is 3.65. The summed E-state index contributed by atoms with van der Waals surface area (Å²) in [7, 11) is 0. The van der Waals surface area contributed by atoms with Crippen molar-refractivity contribution in [1.82, 2.24) is 4.48 Å². The first-order valence-corrected chi connectivity index (χ1v) is 17.9. The molecule has 3 heterocycles. The molecule has 51 heavy (non-hydrogen) atoms. The quantitative estimate of drug-likeness (QED) is 0.176. The molecule has 0 saturated heterocycles. The largest absolute Gasteiger partial charge is 0.375 e. The van der Waals surface area contributed by atoms with E-state index in [1.54, 1.807) is 0 Å². The van der Waals surface area contributed by atoms with Gasteiger partial charge in [-0.05, 0) is 82.2 Å². The minimum Gasteiger partial charge on any atom is -0.375 e. The molecule has 0 fully saturated rings. The number of para-hydroxylation sites is 4. The van der Waals surface area contributed by atoms with Crippen LogP contribution in [0.5, 0.6) is 0 Å². The molecule has 0 atom stereocenters. The van der Waals surface area contributed by atoms with Crippen LogP contribution in [0.15, 0.2) is 176 Å². The molecule has 240 valence electrons. The van der Waals surface area contributed by atoms with E-state index >= 15 is 0 Å². The average molecular weight is 652 g/mol. The van der Waals surface area contributed by atoms with E-state index in [9.17, 15) is 0 Å². The van der Waals surface area contributed by atoms with E-state index in [2.05, 4.69) is 198 Å². The van der Waals surface area contributed by atoms with Crippen LogP contribution >= 0.6 is 0 Å². The zero-order chi connectivity index (χ0) is 33.8. The summed E-state index contributed by atoms with van der Waals surface area (Å²) in [5, 5.41) is 2.55. The lowest BCUT2D eigenvalue weighted by atomic mass is 9.43. The molecule has 1 aliphatic carbocycles. The lowest BCUT2D eigenvalue weighted by molar-refractivity contribution is 0.625. The number of hydrogen-bond acceptors (Lipinski definition) is 2. The predicted molar refractivity (Wildman–Crippen MR) is 215 cm³/mol. The standard InChI is InChI=1S/C47H34BN3/c1-47(2)38-26-14-12-23-36(38)44-46(47)50(33-21-10-5-11-22-33)41-28-16-25-34-35-29-30-40(49(31-17-6-3-7-18-31)32-19-8-4-9-20-32)42-37-24-13-15-27-39(37)51(45(35)42)48(44)43(34)41/h3-30H,1-2H3. The van der Waals surface area contributed by atoms with Gasteiger partial charge in [0.25, 0.3) is 0 Å². The Morgan fingerprint density at radius 3 is 1.92 bits per heavy atom. The topological polar surface area (TPSA) is 11.4 Å². The van der Waals surface area contributed by atoms with Crippen LogP contribution in [-0.2, 0) is 5.41 Å². The number of allylic oxidation sites excluding steroid dienone is 1. The minimum absolute atomic E-state index is 0.00105. The fourth-order valence-electron chi connectivity index (χ4n) is 9.54. The van der Waals surface area contributed by atoms with E-state index in [0.29, 0.717) is 0 Å². The summed E-state index contributed by atoms with van der Waals surface area (Å²) in [6.45, 7) is 4.82. The monoisotopic (exact) mass is 651 g/mol. The van der Waals surface area contributed by atoms with E-state index in [0.717, 1.165) is 11.4 Å². The molecule has 11 rings (SSSR count). The molecule has 0 amide bonds. The zero-order valence-corrected chi connectivity index (χ0v) is 28.6. The number of anilines is 5. The van der Waals surface area contributed by atoms with Gasteiger partial charge in [-0.3, -0.25) is 0 Å². The Morgan fingerprint density at radius 2 is 1.18 bits per heavy atom. The number of fused-ring (bicyclic) bond motifs is 8. The molecule has 0 N–H and O–H groups in total. The molecular formula is C47H34BN3. The number of benzene rings is 7. The van der Waals surface area contributed by atoms with Gasteiger partial charge in [0.15, 0.2) is 0 Å². The second-order valence-corrected chi connectivity index (χ2v) is 14.5. The van der Waals surface area contributed by atoms with Gasteiger partial charge in [0, 0.05) is 61.2 Å². The molecular weight excluding hydrogens is 617 g/mol. The normalized spacial score (nSPS) is 14.9. The van der Waals surface area contributed by atoms with Crippen LogP contribution in [-0.4, -0.2) is 11.3 Å². The van der Waals surface area contributed by atoms with E-state index in [4.69, 9.17) is 0 Å². The Bertz CT molecular complexity index is 2690. The third-order valence-electron chi connectivity index (χ3n) is 11.5. The van der Waals surface area contributed by atoms with E-state index in [1.807, 2.05) is 0 Å². The Hall–Kier alpha value is -6.26. The summed E-state index contributed by atoms with van der Waals surface area (Å²) in [5.74, 6) is 0. The first kappa shape index (κ1) is 28.6. The molecule has 2 aliphatic heterocycles. The van der Waals surface area contributed by atoms with Crippen LogP contribution in [0, 0.1) is 0 Å². The van der Waals surface area contributed by atoms with Gasteiger partial charge >= 0.3 is 6.85 Å². The highest BCUT2D eigenvalue weighted by Crippen LogP contribution is 2.57. The number of rotatable bonds is 4. The maximum absolute atomic E-state index is 2.69. The maximum Gasteiger partial charge on any atom is 0.333 e. The lowest BCUT2D eigenvalue weighted by Crippen LogP contribution is -2.50. The second kappa shape index (κ2) is 10.4. The van der Waals surface area contributed by atoms with Crippen LogP contribution < -0.4 is 15.3 Å². The van der Waals surface area contributed by atoms with Crippen molar-refractivity contribution in [3.05, 3.63) is 187 Å². The van der Waals surface area contributed by atoms with Gasteiger partial charge < -0.3 is 14.3 Å². The van der Waals surface area contributed by atoms with Gasteiger partial charge in [0.1, 0.15) is 0 Å². The molecule has 0 unspecified atom stereocenters. The smallest absolute Gasteiger partial charge is 0.333 e. The highest BCUT2D eigenvalue weighted by Gasteiger charge is 2.52. The Morgan fingerprint density at radius 1 is 0.549 bits per heavy atom. The lowest BCUT2D eigenvalue weighted by Gasteiger charge is -2.43. The third-order valence-corrected chi connectivity index (χ3v) is 11.5. The van der Waals surface area contributed by atoms with Gasteiger partial charge in [-0.25, -0.2) is 0 Å². The van der Waals surface area contributed by atoms with Gasteiger partial charge in [0.2, 0.25) is 0 Å². The first-order chi connectivity index (χ1) is 25.1.